The number of hydrogen-bond acceptors (Lipinski definition) is 8. The highest BCUT2D eigenvalue weighted by Gasteiger charge is 2.30. The van der Waals surface area contributed by atoms with Gasteiger partial charge in [-0.05, 0) is 37.7 Å². The lowest BCUT2D eigenvalue weighted by Crippen LogP contribution is -2.57. The predicted molar refractivity (Wildman–Crippen MR) is 160 cm³/mol. The normalized spacial score (nSPS) is 13.3. The van der Waals surface area contributed by atoms with E-state index >= 15 is 0 Å². The average molecular weight is 606 g/mol. The molecule has 17 heteroatoms. The fourth-order valence-corrected chi connectivity index (χ4v) is 3.85. The number of nitrogens with two attached hydrogens (primary N) is 6. The molecule has 0 aliphatic carbocycles. The topological polar surface area (TPSA) is 323 Å². The van der Waals surface area contributed by atoms with Crippen LogP contribution in [0.1, 0.15) is 44.1 Å². The van der Waals surface area contributed by atoms with Crippen molar-refractivity contribution < 1.29 is 29.1 Å². The number of aliphatic carboxylic acids is 1. The first-order valence-electron chi connectivity index (χ1n) is 13.6. The summed E-state index contributed by atoms with van der Waals surface area (Å²) in [6.07, 6.45) is 0.450. The van der Waals surface area contributed by atoms with Gasteiger partial charge in [-0.3, -0.25) is 29.2 Å². The standard InChI is InChI=1S/C26H43N11O6/c27-16(8-4-12-33-25(29)30)21(39)37-19(14-15-6-2-1-3-7-15)23(41)35-17(9-5-13-34-26(31)32)22(40)36-18(24(42)43)10-11-20(28)38/h1-3,6-7,16-19H,4-5,8-14,27H2,(H2,28,38)(H,35,41)(H,36,40)(H,37,39)(H,42,43)(H4,29,30,33)(H4,31,32,34). The second-order valence-corrected chi connectivity index (χ2v) is 9.72. The zero-order valence-corrected chi connectivity index (χ0v) is 23.9. The third-order valence-electron chi connectivity index (χ3n) is 6.09. The molecule has 4 amide bonds. The molecule has 0 saturated heterocycles. The van der Waals surface area contributed by atoms with E-state index in [2.05, 4.69) is 25.9 Å². The Kier molecular flexibility index (Phi) is 16.1. The molecule has 16 N–H and O–H groups in total. The summed E-state index contributed by atoms with van der Waals surface area (Å²) in [6.45, 7) is 0.398. The van der Waals surface area contributed by atoms with Crippen LogP contribution in [0.4, 0.5) is 0 Å². The van der Waals surface area contributed by atoms with Gasteiger partial charge in [0.05, 0.1) is 6.04 Å². The third-order valence-corrected chi connectivity index (χ3v) is 6.09. The van der Waals surface area contributed by atoms with E-state index in [4.69, 9.17) is 34.4 Å². The zero-order chi connectivity index (χ0) is 32.4. The van der Waals surface area contributed by atoms with Crippen LogP contribution in [0.3, 0.4) is 0 Å². The van der Waals surface area contributed by atoms with E-state index in [0.717, 1.165) is 5.56 Å². The van der Waals surface area contributed by atoms with Crippen molar-refractivity contribution in [3.05, 3.63) is 35.9 Å². The van der Waals surface area contributed by atoms with Crippen molar-refractivity contribution in [1.29, 1.82) is 0 Å². The number of primary amides is 1. The number of carboxylic acid groups (broad SMARTS) is 1. The SMILES string of the molecule is NC(=O)CCC(NC(=O)C(CCCN=C(N)N)NC(=O)C(Cc1ccccc1)NC(=O)C(N)CCCN=C(N)N)C(=O)O. The lowest BCUT2D eigenvalue weighted by molar-refractivity contribution is -0.142. The number of benzene rings is 1. The van der Waals surface area contributed by atoms with Crippen molar-refractivity contribution in [1.82, 2.24) is 16.0 Å². The summed E-state index contributed by atoms with van der Waals surface area (Å²) in [5.74, 6) is -4.52. The predicted octanol–water partition coefficient (Wildman–Crippen LogP) is -3.53. The largest absolute Gasteiger partial charge is 0.480 e. The fraction of sp³-hybridized carbons (Fsp3) is 0.500. The number of carbonyl (C=O) groups is 5. The van der Waals surface area contributed by atoms with Crippen LogP contribution in [0.5, 0.6) is 0 Å². The van der Waals surface area contributed by atoms with Crippen LogP contribution in [0.15, 0.2) is 40.3 Å². The van der Waals surface area contributed by atoms with Gasteiger partial charge in [0.15, 0.2) is 11.9 Å². The maximum atomic E-state index is 13.5. The van der Waals surface area contributed by atoms with Crippen molar-refractivity contribution in [3.8, 4) is 0 Å². The Morgan fingerprint density at radius 2 is 1.21 bits per heavy atom. The highest BCUT2D eigenvalue weighted by Crippen LogP contribution is 2.08. The molecule has 4 atom stereocenters. The van der Waals surface area contributed by atoms with Gasteiger partial charge in [-0.15, -0.1) is 0 Å². The Balaban J connectivity index is 3.12. The maximum Gasteiger partial charge on any atom is 0.326 e. The van der Waals surface area contributed by atoms with E-state index in [1.165, 1.54) is 0 Å². The molecule has 0 fully saturated rings. The summed E-state index contributed by atoms with van der Waals surface area (Å²) >= 11 is 0. The van der Waals surface area contributed by atoms with E-state index in [1.807, 2.05) is 0 Å². The highest BCUT2D eigenvalue weighted by molar-refractivity contribution is 5.94. The maximum absolute atomic E-state index is 13.5. The number of carboxylic acids is 1. The molecule has 0 saturated carbocycles. The smallest absolute Gasteiger partial charge is 0.326 e. The van der Waals surface area contributed by atoms with Gasteiger partial charge in [0.2, 0.25) is 23.6 Å². The van der Waals surface area contributed by atoms with Crippen molar-refractivity contribution >= 4 is 41.5 Å². The van der Waals surface area contributed by atoms with Crippen LogP contribution in [0.25, 0.3) is 0 Å². The van der Waals surface area contributed by atoms with Crippen LogP contribution in [-0.2, 0) is 30.4 Å². The fourth-order valence-electron chi connectivity index (χ4n) is 3.85. The van der Waals surface area contributed by atoms with Crippen LogP contribution in [0, 0.1) is 0 Å². The minimum absolute atomic E-state index is 0.0207. The summed E-state index contributed by atoms with van der Waals surface area (Å²) in [5.41, 5.74) is 33.2. The van der Waals surface area contributed by atoms with E-state index in [0.29, 0.717) is 6.42 Å². The molecule has 1 rings (SSSR count). The summed E-state index contributed by atoms with van der Waals surface area (Å²) < 4.78 is 0. The summed E-state index contributed by atoms with van der Waals surface area (Å²) in [5, 5.41) is 17.1. The number of hydrogen-bond donors (Lipinski definition) is 10. The van der Waals surface area contributed by atoms with E-state index in [9.17, 15) is 29.1 Å². The number of amides is 4. The number of aliphatic imine (C=N–C) groups is 2. The summed E-state index contributed by atoms with van der Waals surface area (Å²) in [7, 11) is 0. The van der Waals surface area contributed by atoms with Gasteiger partial charge in [0.1, 0.15) is 18.1 Å². The molecule has 0 aliphatic rings. The highest BCUT2D eigenvalue weighted by atomic mass is 16.4. The lowest BCUT2D eigenvalue weighted by atomic mass is 10.0. The van der Waals surface area contributed by atoms with E-state index in [1.54, 1.807) is 30.3 Å². The molecular weight excluding hydrogens is 562 g/mol. The molecule has 0 aromatic heterocycles. The number of nitrogens with one attached hydrogen (secondary N) is 3. The molecule has 43 heavy (non-hydrogen) atoms. The molecule has 0 bridgehead atoms. The molecular formula is C26H43N11O6. The van der Waals surface area contributed by atoms with Crippen molar-refractivity contribution in [2.75, 3.05) is 13.1 Å². The van der Waals surface area contributed by atoms with Gasteiger partial charge < -0.3 is 55.5 Å². The van der Waals surface area contributed by atoms with Crippen molar-refractivity contribution in [2.45, 2.75) is 69.1 Å². The molecule has 0 heterocycles. The number of guanidine groups is 2. The van der Waals surface area contributed by atoms with Crippen LogP contribution >= 0.6 is 0 Å². The second kappa shape index (κ2) is 19.2. The number of carbonyl (C=O) groups excluding carboxylic acids is 4. The van der Waals surface area contributed by atoms with Gasteiger partial charge in [-0.1, -0.05) is 30.3 Å². The molecule has 1 aromatic carbocycles. The quantitative estimate of drug-likeness (QED) is 0.0394. The molecule has 4 unspecified atom stereocenters. The Bertz CT molecular complexity index is 1140. The first-order valence-corrected chi connectivity index (χ1v) is 13.6. The minimum atomic E-state index is -1.44. The van der Waals surface area contributed by atoms with E-state index < -0.39 is 53.8 Å². The number of nitrogens with zero attached hydrogens (tertiary/aromatic N) is 2. The molecule has 0 spiro atoms. The average Bonchev–Trinajstić information content (AvgIpc) is 2.94. The molecule has 1 aromatic rings. The van der Waals surface area contributed by atoms with Gasteiger partial charge in [0.25, 0.3) is 0 Å². The van der Waals surface area contributed by atoms with Gasteiger partial charge in [0, 0.05) is 25.9 Å². The first-order chi connectivity index (χ1) is 20.3. The molecule has 0 aliphatic heterocycles. The van der Waals surface area contributed by atoms with Crippen molar-refractivity contribution in [3.63, 3.8) is 0 Å². The zero-order valence-electron chi connectivity index (χ0n) is 23.9. The van der Waals surface area contributed by atoms with E-state index in [-0.39, 0.29) is 63.5 Å². The summed E-state index contributed by atoms with van der Waals surface area (Å²) in [6, 6.07) is 4.05. The Morgan fingerprint density at radius 3 is 1.74 bits per heavy atom. The van der Waals surface area contributed by atoms with Gasteiger partial charge >= 0.3 is 5.97 Å². The first kappa shape index (κ1) is 36.1. The van der Waals surface area contributed by atoms with Crippen molar-refractivity contribution in [2.24, 2.45) is 44.4 Å². The van der Waals surface area contributed by atoms with Crippen LogP contribution < -0.4 is 50.4 Å². The Morgan fingerprint density at radius 1 is 0.698 bits per heavy atom. The second-order valence-electron chi connectivity index (χ2n) is 9.72. The molecule has 17 nitrogen and oxygen atoms in total. The van der Waals surface area contributed by atoms with Crippen LogP contribution in [-0.4, -0.2) is 83.9 Å². The third kappa shape index (κ3) is 15.6. The number of rotatable bonds is 20. The monoisotopic (exact) mass is 605 g/mol. The van der Waals surface area contributed by atoms with Gasteiger partial charge in [-0.2, -0.15) is 0 Å². The Labute approximate surface area is 249 Å². The minimum Gasteiger partial charge on any atom is -0.480 e. The Hall–Kier alpha value is -4.93. The molecule has 0 radical (unpaired) electrons. The van der Waals surface area contributed by atoms with Crippen LogP contribution in [0.2, 0.25) is 0 Å². The summed E-state index contributed by atoms with van der Waals surface area (Å²) in [4.78, 5) is 70.1. The lowest BCUT2D eigenvalue weighted by Gasteiger charge is -2.25. The molecule has 238 valence electrons. The van der Waals surface area contributed by atoms with Gasteiger partial charge in [-0.25, -0.2) is 4.79 Å².